The highest BCUT2D eigenvalue weighted by Gasteiger charge is 2.28. The maximum atomic E-state index is 3.86. The van der Waals surface area contributed by atoms with Gasteiger partial charge < -0.3 is 0 Å². The van der Waals surface area contributed by atoms with Gasteiger partial charge >= 0.3 is 0 Å². The Morgan fingerprint density at radius 1 is 0.864 bits per heavy atom. The molecule has 22 heavy (non-hydrogen) atoms. The van der Waals surface area contributed by atoms with Crippen molar-refractivity contribution in [3.8, 4) is 0 Å². The van der Waals surface area contributed by atoms with Crippen LogP contribution in [-0.2, 0) is 0 Å². The van der Waals surface area contributed by atoms with Gasteiger partial charge in [0.2, 0.25) is 0 Å². The van der Waals surface area contributed by atoms with E-state index >= 15 is 0 Å². The Morgan fingerprint density at radius 2 is 1.32 bits per heavy atom. The minimum Gasteiger partial charge on any atom is -0.0985 e. The Bertz CT molecular complexity index is 383. The second-order valence-corrected chi connectivity index (χ2v) is 8.43. The number of rotatable bonds is 12. The predicted octanol–water partition coefficient (Wildman–Crippen LogP) is 6.94. The van der Waals surface area contributed by atoms with Gasteiger partial charge in [-0.25, -0.2) is 0 Å². The summed E-state index contributed by atoms with van der Waals surface area (Å²) in [5, 5.41) is 2.09. The molecule has 0 saturated carbocycles. The van der Waals surface area contributed by atoms with Crippen LogP contribution in [0.3, 0.4) is 0 Å². The second kappa shape index (κ2) is 11.0. The van der Waals surface area contributed by atoms with E-state index < -0.39 is 0 Å². The molecule has 0 aliphatic heterocycles. The van der Waals surface area contributed by atoms with Crippen LogP contribution >= 0.6 is 8.58 Å². The summed E-state index contributed by atoms with van der Waals surface area (Å²) < 4.78 is 0. The van der Waals surface area contributed by atoms with Gasteiger partial charge in [0.05, 0.1) is 0 Å². The Hall–Kier alpha value is -0.610. The lowest BCUT2D eigenvalue weighted by Crippen LogP contribution is -2.26. The van der Waals surface area contributed by atoms with Gasteiger partial charge in [-0.05, 0) is 35.3 Å². The van der Waals surface area contributed by atoms with Gasteiger partial charge in [-0.3, -0.25) is 0 Å². The quantitative estimate of drug-likeness (QED) is 0.366. The van der Waals surface area contributed by atoms with Gasteiger partial charge in [0, 0.05) is 0 Å². The van der Waals surface area contributed by atoms with Crippen molar-refractivity contribution in [1.82, 2.24) is 0 Å². The van der Waals surface area contributed by atoms with E-state index in [-0.39, 0.29) is 0 Å². The zero-order valence-electron chi connectivity index (χ0n) is 15.0. The van der Waals surface area contributed by atoms with E-state index in [1.54, 1.807) is 0 Å². The SMILES string of the molecule is C=Cc1ccc(PC(CCCC)(CCCC)CCCC)cc1. The van der Waals surface area contributed by atoms with Gasteiger partial charge in [-0.2, -0.15) is 0 Å². The van der Waals surface area contributed by atoms with Crippen LogP contribution in [0, 0.1) is 0 Å². The van der Waals surface area contributed by atoms with Crippen LogP contribution in [0.1, 0.15) is 84.1 Å². The predicted molar refractivity (Wildman–Crippen MR) is 106 cm³/mol. The van der Waals surface area contributed by atoms with E-state index in [1.165, 1.54) is 68.7 Å². The fraction of sp³-hybridized carbons (Fsp3) is 0.619. The maximum Gasteiger partial charge on any atom is -0.00816 e. The molecule has 0 fully saturated rings. The molecule has 1 heteroatoms. The summed E-state index contributed by atoms with van der Waals surface area (Å²) in [5.74, 6) is 0. The van der Waals surface area contributed by atoms with Crippen LogP contribution in [0.5, 0.6) is 0 Å². The highest BCUT2D eigenvalue weighted by molar-refractivity contribution is 7.49. The average Bonchev–Trinajstić information content (AvgIpc) is 2.56. The molecule has 0 amide bonds. The van der Waals surface area contributed by atoms with Crippen LogP contribution in [-0.4, -0.2) is 5.16 Å². The molecule has 0 N–H and O–H groups in total. The second-order valence-electron chi connectivity index (χ2n) is 6.54. The Kier molecular flexibility index (Phi) is 9.73. The number of hydrogen-bond acceptors (Lipinski definition) is 0. The molecule has 0 spiro atoms. The van der Waals surface area contributed by atoms with Crippen molar-refractivity contribution in [3.63, 3.8) is 0 Å². The Balaban J connectivity index is 2.89. The first-order valence-electron chi connectivity index (χ1n) is 9.20. The van der Waals surface area contributed by atoms with Crippen LogP contribution in [0.2, 0.25) is 0 Å². The first kappa shape index (κ1) is 19.4. The summed E-state index contributed by atoms with van der Waals surface area (Å²) in [5.41, 5.74) is 1.23. The Morgan fingerprint density at radius 3 is 1.68 bits per heavy atom. The molecule has 0 bridgehead atoms. The van der Waals surface area contributed by atoms with Gasteiger partial charge in [0.1, 0.15) is 0 Å². The molecule has 1 aromatic carbocycles. The zero-order chi connectivity index (χ0) is 16.3. The molecule has 1 rings (SSSR count). The molecule has 0 radical (unpaired) electrons. The summed E-state index contributed by atoms with van der Waals surface area (Å²) in [6.45, 7) is 10.8. The molecule has 0 nitrogen and oxygen atoms in total. The minimum atomic E-state index is 0.553. The lowest BCUT2D eigenvalue weighted by Gasteiger charge is -2.35. The molecule has 1 atom stereocenters. The van der Waals surface area contributed by atoms with Gasteiger partial charge in [-0.1, -0.05) is 105 Å². The topological polar surface area (TPSA) is 0 Å². The van der Waals surface area contributed by atoms with Crippen LogP contribution in [0.15, 0.2) is 30.8 Å². The fourth-order valence-electron chi connectivity index (χ4n) is 3.12. The van der Waals surface area contributed by atoms with Crippen LogP contribution in [0.4, 0.5) is 0 Å². The first-order valence-corrected chi connectivity index (χ1v) is 10.2. The van der Waals surface area contributed by atoms with E-state index in [4.69, 9.17) is 0 Å². The monoisotopic (exact) mass is 318 g/mol. The van der Waals surface area contributed by atoms with Crippen molar-refractivity contribution >= 4 is 20.0 Å². The van der Waals surface area contributed by atoms with Crippen molar-refractivity contribution in [2.24, 2.45) is 0 Å². The number of benzene rings is 1. The molecule has 0 aromatic heterocycles. The summed E-state index contributed by atoms with van der Waals surface area (Å²) in [4.78, 5) is 0. The van der Waals surface area contributed by atoms with E-state index in [1.807, 2.05) is 6.08 Å². The Labute approximate surface area is 140 Å². The molecule has 1 aromatic rings. The minimum absolute atomic E-state index is 0.553. The van der Waals surface area contributed by atoms with Crippen LogP contribution < -0.4 is 5.30 Å². The van der Waals surface area contributed by atoms with E-state index in [0.29, 0.717) is 5.16 Å². The molecule has 1 unspecified atom stereocenters. The van der Waals surface area contributed by atoms with Gasteiger partial charge in [0.25, 0.3) is 0 Å². The fourth-order valence-corrected chi connectivity index (χ4v) is 4.97. The molecule has 0 aliphatic rings. The third kappa shape index (κ3) is 6.66. The lowest BCUT2D eigenvalue weighted by molar-refractivity contribution is 0.422. The maximum absolute atomic E-state index is 3.86. The number of unbranched alkanes of at least 4 members (excludes halogenated alkanes) is 3. The molecule has 0 saturated heterocycles. The third-order valence-corrected chi connectivity index (χ3v) is 6.48. The summed E-state index contributed by atoms with van der Waals surface area (Å²) in [6, 6.07) is 9.10. The first-order chi connectivity index (χ1) is 10.7. The molecule has 0 aliphatic carbocycles. The van der Waals surface area contributed by atoms with Crippen molar-refractivity contribution in [2.75, 3.05) is 0 Å². The largest absolute Gasteiger partial charge is 0.0985 e. The highest BCUT2D eigenvalue weighted by atomic mass is 31.1. The average molecular weight is 318 g/mol. The van der Waals surface area contributed by atoms with E-state index in [9.17, 15) is 0 Å². The van der Waals surface area contributed by atoms with Gasteiger partial charge in [0.15, 0.2) is 0 Å². The van der Waals surface area contributed by atoms with Crippen LogP contribution in [0.25, 0.3) is 6.08 Å². The van der Waals surface area contributed by atoms with Crippen molar-refractivity contribution < 1.29 is 0 Å². The lowest BCUT2D eigenvalue weighted by atomic mass is 9.90. The smallest absolute Gasteiger partial charge is 0.00816 e. The molecule has 0 heterocycles. The third-order valence-electron chi connectivity index (χ3n) is 4.58. The van der Waals surface area contributed by atoms with E-state index in [2.05, 4.69) is 51.6 Å². The van der Waals surface area contributed by atoms with Crippen molar-refractivity contribution in [2.45, 2.75) is 83.7 Å². The molecular formula is C21H35P. The summed E-state index contributed by atoms with van der Waals surface area (Å²) in [6.07, 6.45) is 14.3. The highest BCUT2D eigenvalue weighted by Crippen LogP contribution is 2.44. The summed E-state index contributed by atoms with van der Waals surface area (Å²) in [7, 11) is 0.959. The van der Waals surface area contributed by atoms with Gasteiger partial charge in [-0.15, -0.1) is 0 Å². The standard InChI is InChI=1S/C21H35P/c1-5-9-16-21(17-10-6-2,18-11-7-3)22-20-14-12-19(8-4)13-15-20/h8,12-15,22H,4-7,9-11,16-18H2,1-3H3. The van der Waals surface area contributed by atoms with E-state index in [0.717, 1.165) is 8.58 Å². The molecular weight excluding hydrogens is 283 g/mol. The van der Waals surface area contributed by atoms with Crippen molar-refractivity contribution in [3.05, 3.63) is 36.4 Å². The zero-order valence-corrected chi connectivity index (χ0v) is 16.0. The number of hydrogen-bond donors (Lipinski definition) is 0. The summed E-state index contributed by atoms with van der Waals surface area (Å²) >= 11 is 0. The van der Waals surface area contributed by atoms with Crippen molar-refractivity contribution in [1.29, 1.82) is 0 Å². The normalized spacial score (nSPS) is 12.1. The molecule has 124 valence electrons.